The molecule has 0 saturated carbocycles. The summed E-state index contributed by atoms with van der Waals surface area (Å²) in [5.74, 6) is -0.860. The molecule has 1 unspecified atom stereocenters. The predicted molar refractivity (Wildman–Crippen MR) is 111 cm³/mol. The molecule has 3 aromatic rings. The van der Waals surface area contributed by atoms with Gasteiger partial charge in [-0.15, -0.1) is 0 Å². The first-order valence-corrected chi connectivity index (χ1v) is 9.68. The Morgan fingerprint density at radius 2 is 1.83 bits per heavy atom. The van der Waals surface area contributed by atoms with Gasteiger partial charge in [0.1, 0.15) is 17.6 Å². The standard InChI is InChI=1S/C24H18N2O4/c27-22(16-9-10-19-15(14-16)11-13-30-19)20-21(18-8-4-5-12-25-18)26(24(29)23(20)28)17-6-2-1-3-7-17/h1-10,12,14,21,27H,11,13H2/b22-20-. The van der Waals surface area contributed by atoms with Crippen molar-refractivity contribution in [1.29, 1.82) is 0 Å². The lowest BCUT2D eigenvalue weighted by Gasteiger charge is -2.24. The van der Waals surface area contributed by atoms with Crippen LogP contribution in [-0.4, -0.2) is 28.4 Å². The third-order valence-corrected chi connectivity index (χ3v) is 5.41. The second-order valence-electron chi connectivity index (χ2n) is 7.18. The molecule has 3 heterocycles. The maximum Gasteiger partial charge on any atom is 0.300 e. The number of Topliss-reactive ketones (excluding diaryl/α,β-unsaturated/α-hetero) is 1. The summed E-state index contributed by atoms with van der Waals surface area (Å²) in [7, 11) is 0. The van der Waals surface area contributed by atoms with Gasteiger partial charge in [-0.05, 0) is 48.0 Å². The van der Waals surface area contributed by atoms with E-state index in [4.69, 9.17) is 4.74 Å². The van der Waals surface area contributed by atoms with Crippen LogP contribution in [0.5, 0.6) is 5.75 Å². The normalized spacial score (nSPS) is 19.6. The Balaban J connectivity index is 1.70. The fourth-order valence-electron chi connectivity index (χ4n) is 3.99. The summed E-state index contributed by atoms with van der Waals surface area (Å²) in [6.07, 6.45) is 2.34. The minimum Gasteiger partial charge on any atom is -0.507 e. The van der Waals surface area contributed by atoms with Gasteiger partial charge in [0.05, 0.1) is 17.9 Å². The van der Waals surface area contributed by atoms with E-state index >= 15 is 0 Å². The Kier molecular flexibility index (Phi) is 4.32. The molecule has 0 spiro atoms. The molecule has 5 rings (SSSR count). The van der Waals surface area contributed by atoms with Gasteiger partial charge in [0.2, 0.25) is 0 Å². The number of pyridine rings is 1. The Labute approximate surface area is 173 Å². The number of hydrogen-bond acceptors (Lipinski definition) is 5. The zero-order chi connectivity index (χ0) is 20.7. The third kappa shape index (κ3) is 2.85. The topological polar surface area (TPSA) is 79.7 Å². The van der Waals surface area contributed by atoms with E-state index < -0.39 is 17.7 Å². The summed E-state index contributed by atoms with van der Waals surface area (Å²) in [4.78, 5) is 31.8. The van der Waals surface area contributed by atoms with Crippen molar-refractivity contribution in [3.8, 4) is 5.75 Å². The Bertz CT molecular complexity index is 1170. The van der Waals surface area contributed by atoms with Crippen molar-refractivity contribution in [2.75, 3.05) is 11.5 Å². The van der Waals surface area contributed by atoms with Gasteiger partial charge >= 0.3 is 0 Å². The van der Waals surface area contributed by atoms with Gasteiger partial charge in [0.25, 0.3) is 11.7 Å². The lowest BCUT2D eigenvalue weighted by atomic mass is 9.97. The molecule has 1 amide bonds. The summed E-state index contributed by atoms with van der Waals surface area (Å²) < 4.78 is 5.53. The Morgan fingerprint density at radius 3 is 2.60 bits per heavy atom. The zero-order valence-electron chi connectivity index (χ0n) is 16.0. The van der Waals surface area contributed by atoms with Gasteiger partial charge in [0.15, 0.2) is 0 Å². The maximum absolute atomic E-state index is 13.1. The highest BCUT2D eigenvalue weighted by Crippen LogP contribution is 2.41. The first-order chi connectivity index (χ1) is 14.6. The summed E-state index contributed by atoms with van der Waals surface area (Å²) in [6.45, 7) is 0.589. The van der Waals surface area contributed by atoms with Crippen LogP contribution >= 0.6 is 0 Å². The van der Waals surface area contributed by atoms with E-state index in [9.17, 15) is 14.7 Å². The zero-order valence-corrected chi connectivity index (χ0v) is 16.0. The average Bonchev–Trinajstić information content (AvgIpc) is 3.36. The molecular weight excluding hydrogens is 380 g/mol. The number of aliphatic hydroxyl groups is 1. The van der Waals surface area contributed by atoms with E-state index in [1.165, 1.54) is 4.90 Å². The summed E-state index contributed by atoms with van der Waals surface area (Å²) >= 11 is 0. The lowest BCUT2D eigenvalue weighted by Crippen LogP contribution is -2.29. The van der Waals surface area contributed by atoms with Crippen LogP contribution in [0, 0.1) is 0 Å². The van der Waals surface area contributed by atoms with Crippen molar-refractivity contribution < 1.29 is 19.4 Å². The number of hydrogen-bond donors (Lipinski definition) is 1. The van der Waals surface area contributed by atoms with E-state index in [0.29, 0.717) is 23.6 Å². The number of aliphatic hydroxyl groups excluding tert-OH is 1. The van der Waals surface area contributed by atoms with Crippen molar-refractivity contribution in [3.05, 3.63) is 95.3 Å². The minimum absolute atomic E-state index is 0.0291. The quantitative estimate of drug-likeness (QED) is 0.414. The fourth-order valence-corrected chi connectivity index (χ4v) is 3.99. The summed E-state index contributed by atoms with van der Waals surface area (Å²) in [5.41, 5.74) is 2.54. The number of carbonyl (C=O) groups excluding carboxylic acids is 2. The number of nitrogens with zero attached hydrogens (tertiary/aromatic N) is 2. The van der Waals surface area contributed by atoms with Gasteiger partial charge in [-0.3, -0.25) is 19.5 Å². The molecule has 1 saturated heterocycles. The second-order valence-corrected chi connectivity index (χ2v) is 7.18. The molecule has 0 bridgehead atoms. The van der Waals surface area contributed by atoms with E-state index in [1.807, 2.05) is 12.1 Å². The van der Waals surface area contributed by atoms with Crippen LogP contribution in [0.25, 0.3) is 5.76 Å². The number of benzene rings is 2. The number of ether oxygens (including phenoxy) is 1. The van der Waals surface area contributed by atoms with Gasteiger partial charge in [-0.2, -0.15) is 0 Å². The highest BCUT2D eigenvalue weighted by atomic mass is 16.5. The average molecular weight is 398 g/mol. The third-order valence-electron chi connectivity index (χ3n) is 5.41. The SMILES string of the molecule is O=C1C(=O)N(c2ccccc2)C(c2ccccn2)/C1=C(/O)c1ccc2c(c1)CCO2. The van der Waals surface area contributed by atoms with Crippen molar-refractivity contribution in [2.45, 2.75) is 12.5 Å². The van der Waals surface area contributed by atoms with E-state index in [2.05, 4.69) is 4.98 Å². The highest BCUT2D eigenvalue weighted by Gasteiger charge is 2.47. The maximum atomic E-state index is 13.1. The molecule has 1 N–H and O–H groups in total. The number of carbonyl (C=O) groups is 2. The number of ketones is 1. The Hall–Kier alpha value is -3.93. The number of amides is 1. The largest absolute Gasteiger partial charge is 0.507 e. The molecule has 2 aromatic carbocycles. The monoisotopic (exact) mass is 398 g/mol. The molecule has 2 aliphatic heterocycles. The van der Waals surface area contributed by atoms with Crippen LogP contribution in [0.3, 0.4) is 0 Å². The first kappa shape index (κ1) is 18.1. The smallest absolute Gasteiger partial charge is 0.300 e. The molecule has 148 valence electrons. The van der Waals surface area contributed by atoms with Crippen molar-refractivity contribution in [3.63, 3.8) is 0 Å². The predicted octanol–water partition coefficient (Wildman–Crippen LogP) is 3.64. The van der Waals surface area contributed by atoms with E-state index in [0.717, 1.165) is 17.7 Å². The van der Waals surface area contributed by atoms with Gasteiger partial charge in [0, 0.05) is 23.9 Å². The summed E-state index contributed by atoms with van der Waals surface area (Å²) in [5, 5.41) is 11.1. The lowest BCUT2D eigenvalue weighted by molar-refractivity contribution is -0.132. The van der Waals surface area contributed by atoms with Gasteiger partial charge < -0.3 is 9.84 Å². The molecule has 30 heavy (non-hydrogen) atoms. The van der Waals surface area contributed by atoms with Crippen molar-refractivity contribution in [1.82, 2.24) is 4.98 Å². The number of fused-ring (bicyclic) bond motifs is 1. The van der Waals surface area contributed by atoms with Crippen LogP contribution in [0.4, 0.5) is 5.69 Å². The summed E-state index contributed by atoms with van der Waals surface area (Å²) in [6, 6.07) is 18.7. The second kappa shape index (κ2) is 7.15. The van der Waals surface area contributed by atoms with Crippen LogP contribution in [-0.2, 0) is 16.0 Å². The van der Waals surface area contributed by atoms with E-state index in [-0.39, 0.29) is 11.3 Å². The molecule has 1 fully saturated rings. The first-order valence-electron chi connectivity index (χ1n) is 9.68. The number of aromatic nitrogens is 1. The highest BCUT2D eigenvalue weighted by molar-refractivity contribution is 6.51. The van der Waals surface area contributed by atoms with Crippen molar-refractivity contribution >= 4 is 23.1 Å². The molecule has 1 atom stereocenters. The van der Waals surface area contributed by atoms with Crippen LogP contribution in [0.1, 0.15) is 22.9 Å². The van der Waals surface area contributed by atoms with Crippen LogP contribution in [0.15, 0.2) is 78.5 Å². The molecule has 2 aliphatic rings. The van der Waals surface area contributed by atoms with Crippen LogP contribution < -0.4 is 9.64 Å². The molecule has 0 radical (unpaired) electrons. The van der Waals surface area contributed by atoms with Crippen molar-refractivity contribution in [2.24, 2.45) is 0 Å². The van der Waals surface area contributed by atoms with E-state index in [1.54, 1.807) is 60.8 Å². The minimum atomic E-state index is -0.821. The number of para-hydroxylation sites is 1. The van der Waals surface area contributed by atoms with Gasteiger partial charge in [-0.1, -0.05) is 24.3 Å². The number of rotatable bonds is 3. The molecular formula is C24H18N2O4. The van der Waals surface area contributed by atoms with Crippen LogP contribution in [0.2, 0.25) is 0 Å². The fraction of sp³-hybridized carbons (Fsp3) is 0.125. The Morgan fingerprint density at radius 1 is 1.03 bits per heavy atom. The molecule has 6 heteroatoms. The number of anilines is 1. The van der Waals surface area contributed by atoms with Gasteiger partial charge in [-0.25, -0.2) is 0 Å². The molecule has 0 aliphatic carbocycles. The molecule has 1 aromatic heterocycles. The molecule has 6 nitrogen and oxygen atoms in total.